The molecule has 1 aromatic carbocycles. The fraction of sp³-hybridized carbons (Fsp3) is 0.680. The fourth-order valence-electron chi connectivity index (χ4n) is 6.60. The van der Waals surface area contributed by atoms with Gasteiger partial charge in [-0.1, -0.05) is 6.07 Å². The van der Waals surface area contributed by atoms with Crippen molar-refractivity contribution >= 4 is 17.4 Å². The average Bonchev–Trinajstić information content (AvgIpc) is 3.30. The van der Waals surface area contributed by atoms with Gasteiger partial charge in [0.15, 0.2) is 29.6 Å². The molecule has 3 heterocycles. The second kappa shape index (κ2) is 8.62. The summed E-state index contributed by atoms with van der Waals surface area (Å²) >= 11 is 0. The molecule has 10 nitrogen and oxygen atoms in total. The molecular weight excluding hydrogens is 456 g/mol. The summed E-state index contributed by atoms with van der Waals surface area (Å²) in [6.07, 6.45) is -0.554. The van der Waals surface area contributed by atoms with Crippen LogP contribution in [0.3, 0.4) is 0 Å². The van der Waals surface area contributed by atoms with Crippen LogP contribution >= 0.6 is 0 Å². The van der Waals surface area contributed by atoms with Crippen LogP contribution in [0.15, 0.2) is 12.1 Å². The van der Waals surface area contributed by atoms with Gasteiger partial charge in [-0.3, -0.25) is 9.59 Å². The van der Waals surface area contributed by atoms with Crippen molar-refractivity contribution in [3.63, 3.8) is 0 Å². The van der Waals surface area contributed by atoms with Gasteiger partial charge >= 0.3 is 5.97 Å². The molecule has 35 heavy (non-hydrogen) atoms. The van der Waals surface area contributed by atoms with Gasteiger partial charge in [0.2, 0.25) is 6.29 Å². The normalized spacial score (nSPS) is 36.3. The predicted octanol–water partition coefficient (Wildman–Crippen LogP) is 1.29. The third-order valence-electron chi connectivity index (χ3n) is 8.27. The first-order valence-electron chi connectivity index (χ1n) is 12.1. The molecule has 7 atom stereocenters. The number of nitrogens with one attached hydrogen (secondary N) is 1. The SMILES string of the molecule is COc1ccc2c(c1OC(COC(C)=O)OC)NC1(O)C3OC(C)C4C(=O)C21CCN(C)CCC43. The van der Waals surface area contributed by atoms with E-state index in [-0.39, 0.29) is 36.1 Å². The molecule has 10 heteroatoms. The lowest BCUT2D eigenvalue weighted by molar-refractivity contribution is -0.161. The van der Waals surface area contributed by atoms with Crippen LogP contribution in [0.5, 0.6) is 11.5 Å². The number of ether oxygens (including phenoxy) is 5. The van der Waals surface area contributed by atoms with Crippen LogP contribution in [-0.4, -0.2) is 86.9 Å². The number of Topliss-reactive ketones (excluding diaryl/α,β-unsaturated/α-hetero) is 1. The molecule has 2 saturated heterocycles. The van der Waals surface area contributed by atoms with E-state index in [2.05, 4.69) is 10.2 Å². The van der Waals surface area contributed by atoms with Gasteiger partial charge in [-0.2, -0.15) is 0 Å². The third-order valence-corrected chi connectivity index (χ3v) is 8.27. The van der Waals surface area contributed by atoms with Gasteiger partial charge in [0, 0.05) is 20.0 Å². The Hall–Kier alpha value is -2.40. The first kappa shape index (κ1) is 24.3. The number of methoxy groups -OCH3 is 2. The van der Waals surface area contributed by atoms with Crippen molar-refractivity contribution in [2.75, 3.05) is 46.3 Å². The molecule has 7 unspecified atom stereocenters. The van der Waals surface area contributed by atoms with E-state index in [9.17, 15) is 14.7 Å². The number of fused-ring (bicyclic) bond motifs is 2. The van der Waals surface area contributed by atoms with Gasteiger partial charge < -0.3 is 39.0 Å². The number of anilines is 1. The molecule has 4 aliphatic rings. The van der Waals surface area contributed by atoms with E-state index < -0.39 is 29.5 Å². The van der Waals surface area contributed by atoms with Crippen LogP contribution in [0.2, 0.25) is 0 Å². The second-order valence-electron chi connectivity index (χ2n) is 10.1. The van der Waals surface area contributed by atoms with E-state index in [1.165, 1.54) is 21.1 Å². The number of rotatable bonds is 6. The Morgan fingerprint density at radius 3 is 2.80 bits per heavy atom. The summed E-state index contributed by atoms with van der Waals surface area (Å²) in [7, 11) is 4.99. The summed E-state index contributed by atoms with van der Waals surface area (Å²) in [5, 5.41) is 15.7. The maximum absolute atomic E-state index is 14.3. The molecule has 1 spiro atoms. The van der Waals surface area contributed by atoms with E-state index in [4.69, 9.17) is 23.7 Å². The van der Waals surface area contributed by atoms with E-state index >= 15 is 0 Å². The van der Waals surface area contributed by atoms with Gasteiger partial charge in [0.1, 0.15) is 11.5 Å². The number of hydrogen-bond acceptors (Lipinski definition) is 10. The second-order valence-corrected chi connectivity index (χ2v) is 10.1. The molecule has 0 aromatic heterocycles. The van der Waals surface area contributed by atoms with E-state index in [0.717, 1.165) is 13.0 Å². The quantitative estimate of drug-likeness (QED) is 0.446. The van der Waals surface area contributed by atoms with Crippen molar-refractivity contribution in [2.24, 2.45) is 11.8 Å². The van der Waals surface area contributed by atoms with E-state index in [0.29, 0.717) is 30.0 Å². The third kappa shape index (κ3) is 3.37. The lowest BCUT2D eigenvalue weighted by Gasteiger charge is -2.49. The van der Waals surface area contributed by atoms with E-state index in [1.807, 2.05) is 20.0 Å². The van der Waals surface area contributed by atoms with Crippen molar-refractivity contribution < 1.29 is 38.4 Å². The zero-order valence-electron chi connectivity index (χ0n) is 20.8. The fourth-order valence-corrected chi connectivity index (χ4v) is 6.60. The summed E-state index contributed by atoms with van der Waals surface area (Å²) in [5.74, 6) is -0.166. The average molecular weight is 491 g/mol. The largest absolute Gasteiger partial charge is 0.493 e. The Bertz CT molecular complexity index is 1030. The minimum Gasteiger partial charge on any atom is -0.493 e. The highest BCUT2D eigenvalue weighted by Gasteiger charge is 2.75. The van der Waals surface area contributed by atoms with Crippen molar-refractivity contribution in [3.05, 3.63) is 17.7 Å². The van der Waals surface area contributed by atoms with Crippen LogP contribution in [0.1, 0.15) is 32.3 Å². The molecule has 4 bridgehead atoms. The van der Waals surface area contributed by atoms with Gasteiger partial charge in [-0.05, 0) is 51.5 Å². The molecular formula is C25H34N2O8. The van der Waals surface area contributed by atoms with Crippen LogP contribution in [0.4, 0.5) is 5.69 Å². The molecule has 0 radical (unpaired) electrons. The van der Waals surface area contributed by atoms with Crippen LogP contribution in [0, 0.1) is 11.8 Å². The molecule has 3 fully saturated rings. The standard InChI is InChI=1S/C25H34N2O8/c1-13-19-15-8-10-27(3)11-9-24(22(19)29)16-6-7-17(31-4)21(35-18(32-5)12-33-14(2)28)20(16)26-25(24,30)23(15)34-13/h6-7,13,15,18-19,23,26,30H,8-12H2,1-5H3. The number of carbonyl (C=O) groups excluding carboxylic acids is 2. The Balaban J connectivity index is 1.65. The number of carbonyl (C=O) groups is 2. The molecule has 192 valence electrons. The number of aliphatic hydroxyl groups is 1. The van der Waals surface area contributed by atoms with Gasteiger partial charge in [0.25, 0.3) is 0 Å². The minimum absolute atomic E-state index is 0.00659. The minimum atomic E-state index is -1.65. The van der Waals surface area contributed by atoms with Crippen molar-refractivity contribution in [1.82, 2.24) is 4.90 Å². The summed E-state index contributed by atoms with van der Waals surface area (Å²) < 4.78 is 28.4. The molecule has 5 rings (SSSR count). The maximum atomic E-state index is 14.3. The maximum Gasteiger partial charge on any atom is 0.302 e. The first-order valence-corrected chi connectivity index (χ1v) is 12.1. The zero-order valence-corrected chi connectivity index (χ0v) is 20.8. The molecule has 0 amide bonds. The summed E-state index contributed by atoms with van der Waals surface area (Å²) in [4.78, 5) is 27.9. The lowest BCUT2D eigenvalue weighted by atomic mass is 9.56. The van der Waals surface area contributed by atoms with Gasteiger partial charge in [0.05, 0.1) is 24.8 Å². The summed E-state index contributed by atoms with van der Waals surface area (Å²) in [6.45, 7) is 4.58. The highest BCUT2D eigenvalue weighted by molar-refractivity contribution is 6.01. The van der Waals surface area contributed by atoms with Crippen molar-refractivity contribution in [1.29, 1.82) is 0 Å². The first-order chi connectivity index (χ1) is 16.7. The number of ketones is 1. The summed E-state index contributed by atoms with van der Waals surface area (Å²) in [6, 6.07) is 3.57. The summed E-state index contributed by atoms with van der Waals surface area (Å²) in [5.41, 5.74) is -1.73. The number of hydrogen-bond donors (Lipinski definition) is 2. The Kier molecular flexibility index (Phi) is 5.98. The number of nitrogens with zero attached hydrogens (tertiary/aromatic N) is 1. The molecule has 3 aliphatic heterocycles. The Labute approximate surface area is 204 Å². The highest BCUT2D eigenvalue weighted by Crippen LogP contribution is 2.64. The van der Waals surface area contributed by atoms with Crippen molar-refractivity contribution in [2.45, 2.75) is 56.3 Å². The van der Waals surface area contributed by atoms with Gasteiger partial charge in [-0.25, -0.2) is 0 Å². The highest BCUT2D eigenvalue weighted by atomic mass is 16.7. The monoisotopic (exact) mass is 490 g/mol. The predicted molar refractivity (Wildman–Crippen MR) is 124 cm³/mol. The molecule has 1 aromatic rings. The molecule has 1 saturated carbocycles. The Morgan fingerprint density at radius 1 is 1.34 bits per heavy atom. The van der Waals surface area contributed by atoms with Crippen molar-refractivity contribution in [3.8, 4) is 11.5 Å². The Morgan fingerprint density at radius 2 is 2.11 bits per heavy atom. The van der Waals surface area contributed by atoms with Gasteiger partial charge in [-0.15, -0.1) is 0 Å². The van der Waals surface area contributed by atoms with E-state index in [1.54, 1.807) is 6.07 Å². The molecule has 1 aliphatic carbocycles. The number of esters is 1. The molecule has 2 N–H and O–H groups in total. The van der Waals surface area contributed by atoms with Crippen LogP contribution in [0.25, 0.3) is 0 Å². The van der Waals surface area contributed by atoms with Crippen LogP contribution in [-0.2, 0) is 29.2 Å². The smallest absolute Gasteiger partial charge is 0.302 e. The van der Waals surface area contributed by atoms with Crippen LogP contribution < -0.4 is 14.8 Å². The topological polar surface area (TPSA) is 116 Å². The lowest BCUT2D eigenvalue weighted by Crippen LogP contribution is -2.69. The number of benzene rings is 1. The zero-order chi connectivity index (χ0) is 25.1.